The van der Waals surface area contributed by atoms with Gasteiger partial charge in [0.25, 0.3) is 5.91 Å². The SMILES string of the molecule is COC(=O)C1CCC(Oc2cc(F)c(NC(=O)C(=O)CN)cn2)CC1. The van der Waals surface area contributed by atoms with Crippen LogP contribution in [0.2, 0.25) is 0 Å². The summed E-state index contributed by atoms with van der Waals surface area (Å²) in [5.74, 6) is -2.92. The van der Waals surface area contributed by atoms with E-state index in [1.165, 1.54) is 7.11 Å². The van der Waals surface area contributed by atoms with Crippen LogP contribution in [0.25, 0.3) is 0 Å². The van der Waals surface area contributed by atoms with Crippen LogP contribution in [-0.2, 0) is 19.1 Å². The van der Waals surface area contributed by atoms with Gasteiger partial charge in [-0.05, 0) is 25.7 Å². The molecule has 0 bridgehead atoms. The predicted molar refractivity (Wildman–Crippen MR) is 85.3 cm³/mol. The minimum Gasteiger partial charge on any atom is -0.474 e. The summed E-state index contributed by atoms with van der Waals surface area (Å²) in [6, 6.07) is 1.04. The van der Waals surface area contributed by atoms with Crippen LogP contribution in [0, 0.1) is 11.7 Å². The van der Waals surface area contributed by atoms with Gasteiger partial charge in [0.15, 0.2) is 5.82 Å². The number of halogens is 1. The average molecular weight is 353 g/mol. The number of nitrogens with one attached hydrogen (secondary N) is 1. The molecule has 1 aliphatic carbocycles. The van der Waals surface area contributed by atoms with Crippen LogP contribution in [0.15, 0.2) is 12.3 Å². The Balaban J connectivity index is 1.92. The summed E-state index contributed by atoms with van der Waals surface area (Å²) < 4.78 is 24.4. The first-order valence-corrected chi connectivity index (χ1v) is 7.88. The zero-order valence-electron chi connectivity index (χ0n) is 13.8. The van der Waals surface area contributed by atoms with Crippen LogP contribution in [-0.4, -0.2) is 42.4 Å². The molecule has 0 radical (unpaired) electrons. The molecule has 1 saturated carbocycles. The molecule has 1 aliphatic rings. The van der Waals surface area contributed by atoms with E-state index in [2.05, 4.69) is 10.3 Å². The van der Waals surface area contributed by atoms with Gasteiger partial charge in [0.05, 0.1) is 31.5 Å². The number of carbonyl (C=O) groups excluding carboxylic acids is 3. The number of ether oxygens (including phenoxy) is 2. The van der Waals surface area contributed by atoms with Crippen molar-refractivity contribution in [2.24, 2.45) is 11.7 Å². The molecule has 0 atom stereocenters. The van der Waals surface area contributed by atoms with E-state index in [1.54, 1.807) is 0 Å². The number of ketones is 1. The van der Waals surface area contributed by atoms with Gasteiger partial charge in [-0.25, -0.2) is 9.37 Å². The Bertz CT molecular complexity index is 659. The van der Waals surface area contributed by atoms with Crippen LogP contribution in [0.1, 0.15) is 25.7 Å². The molecule has 1 heterocycles. The van der Waals surface area contributed by atoms with Crippen LogP contribution < -0.4 is 15.8 Å². The number of nitrogens with zero attached hydrogens (tertiary/aromatic N) is 1. The Hall–Kier alpha value is -2.55. The quantitative estimate of drug-likeness (QED) is 0.573. The molecule has 1 aromatic rings. The van der Waals surface area contributed by atoms with E-state index in [0.29, 0.717) is 25.7 Å². The number of aromatic nitrogens is 1. The molecule has 25 heavy (non-hydrogen) atoms. The summed E-state index contributed by atoms with van der Waals surface area (Å²) in [7, 11) is 1.36. The lowest BCUT2D eigenvalue weighted by Crippen LogP contribution is -2.29. The van der Waals surface area contributed by atoms with Crippen molar-refractivity contribution in [2.75, 3.05) is 19.0 Å². The summed E-state index contributed by atoms with van der Waals surface area (Å²) in [5.41, 5.74) is 4.83. The molecule has 9 heteroatoms. The second kappa shape index (κ2) is 8.52. The Labute approximate surface area is 143 Å². The number of Topliss-reactive ketones (excluding diaryl/α,β-unsaturated/α-hetero) is 1. The second-order valence-corrected chi connectivity index (χ2v) is 5.70. The van der Waals surface area contributed by atoms with Crippen molar-refractivity contribution in [3.63, 3.8) is 0 Å². The first-order chi connectivity index (χ1) is 11.9. The van der Waals surface area contributed by atoms with Crippen molar-refractivity contribution < 1.29 is 28.2 Å². The molecule has 3 N–H and O–H groups in total. The summed E-state index contributed by atoms with van der Waals surface area (Å²) in [4.78, 5) is 37.9. The molecular weight excluding hydrogens is 333 g/mol. The fourth-order valence-corrected chi connectivity index (χ4v) is 2.61. The number of hydrogen-bond acceptors (Lipinski definition) is 7. The molecule has 0 unspecified atom stereocenters. The van der Waals surface area contributed by atoms with Gasteiger partial charge in [0, 0.05) is 6.07 Å². The third-order valence-corrected chi connectivity index (χ3v) is 4.01. The van der Waals surface area contributed by atoms with Crippen molar-refractivity contribution in [3.8, 4) is 5.88 Å². The molecular formula is C16H20FN3O5. The summed E-state index contributed by atoms with van der Waals surface area (Å²) in [5, 5.41) is 2.10. The Morgan fingerprint density at radius 1 is 1.32 bits per heavy atom. The minimum absolute atomic E-state index is 0.0715. The van der Waals surface area contributed by atoms with Crippen molar-refractivity contribution in [2.45, 2.75) is 31.8 Å². The Morgan fingerprint density at radius 3 is 2.56 bits per heavy atom. The first-order valence-electron chi connectivity index (χ1n) is 7.88. The zero-order chi connectivity index (χ0) is 18.4. The number of carbonyl (C=O) groups is 3. The number of methoxy groups -OCH3 is 1. The van der Waals surface area contributed by atoms with Crippen LogP contribution in [0.3, 0.4) is 0 Å². The molecule has 8 nitrogen and oxygen atoms in total. The van der Waals surface area contributed by atoms with E-state index in [4.69, 9.17) is 15.2 Å². The van der Waals surface area contributed by atoms with Crippen molar-refractivity contribution in [3.05, 3.63) is 18.1 Å². The number of esters is 1. The van der Waals surface area contributed by atoms with E-state index < -0.39 is 24.1 Å². The van der Waals surface area contributed by atoms with Gasteiger partial charge in [0.2, 0.25) is 11.7 Å². The zero-order valence-corrected chi connectivity index (χ0v) is 13.8. The van der Waals surface area contributed by atoms with E-state index in [9.17, 15) is 18.8 Å². The third-order valence-electron chi connectivity index (χ3n) is 4.01. The third kappa shape index (κ3) is 4.96. The van der Waals surface area contributed by atoms with Gasteiger partial charge in [-0.2, -0.15) is 0 Å². The van der Waals surface area contributed by atoms with Gasteiger partial charge in [-0.3, -0.25) is 14.4 Å². The van der Waals surface area contributed by atoms with Crippen molar-refractivity contribution in [1.29, 1.82) is 0 Å². The molecule has 0 spiro atoms. The highest BCUT2D eigenvalue weighted by Gasteiger charge is 2.28. The molecule has 0 saturated heterocycles. The number of rotatable bonds is 6. The molecule has 136 valence electrons. The molecule has 1 aromatic heterocycles. The van der Waals surface area contributed by atoms with Gasteiger partial charge >= 0.3 is 5.97 Å². The van der Waals surface area contributed by atoms with E-state index in [0.717, 1.165) is 12.3 Å². The highest BCUT2D eigenvalue weighted by molar-refractivity contribution is 6.41. The first kappa shape index (κ1) is 18.8. The van der Waals surface area contributed by atoms with Crippen LogP contribution in [0.5, 0.6) is 5.88 Å². The second-order valence-electron chi connectivity index (χ2n) is 5.70. The van der Waals surface area contributed by atoms with Gasteiger partial charge in [0.1, 0.15) is 6.10 Å². The molecule has 0 aliphatic heterocycles. The smallest absolute Gasteiger partial charge is 0.308 e. The number of hydrogen-bond donors (Lipinski definition) is 2. The molecule has 1 amide bonds. The van der Waals surface area contributed by atoms with Gasteiger partial charge < -0.3 is 20.5 Å². The monoisotopic (exact) mass is 353 g/mol. The maximum absolute atomic E-state index is 14.0. The maximum atomic E-state index is 14.0. The van der Waals surface area contributed by atoms with Crippen molar-refractivity contribution in [1.82, 2.24) is 4.98 Å². The fraction of sp³-hybridized carbons (Fsp3) is 0.500. The van der Waals surface area contributed by atoms with E-state index >= 15 is 0 Å². The van der Waals surface area contributed by atoms with E-state index in [1.807, 2.05) is 0 Å². The van der Waals surface area contributed by atoms with Crippen molar-refractivity contribution >= 4 is 23.3 Å². The van der Waals surface area contributed by atoms with Gasteiger partial charge in [-0.15, -0.1) is 0 Å². The Kier molecular flexibility index (Phi) is 6.40. The average Bonchev–Trinajstić information content (AvgIpc) is 2.63. The lowest BCUT2D eigenvalue weighted by atomic mass is 9.87. The maximum Gasteiger partial charge on any atom is 0.308 e. The molecule has 0 aromatic carbocycles. The summed E-state index contributed by atoms with van der Waals surface area (Å²) in [6.07, 6.45) is 3.43. The summed E-state index contributed by atoms with van der Waals surface area (Å²) in [6.45, 7) is -0.462. The number of nitrogens with two attached hydrogens (primary N) is 1. The molecule has 2 rings (SSSR count). The highest BCUT2D eigenvalue weighted by atomic mass is 19.1. The number of amides is 1. The summed E-state index contributed by atoms with van der Waals surface area (Å²) >= 11 is 0. The van der Waals surface area contributed by atoms with Gasteiger partial charge in [-0.1, -0.05) is 0 Å². The van der Waals surface area contributed by atoms with Crippen LogP contribution >= 0.6 is 0 Å². The fourth-order valence-electron chi connectivity index (χ4n) is 2.61. The van der Waals surface area contributed by atoms with Crippen LogP contribution in [0.4, 0.5) is 10.1 Å². The Morgan fingerprint density at radius 2 is 2.00 bits per heavy atom. The molecule has 1 fully saturated rings. The van der Waals surface area contributed by atoms with E-state index in [-0.39, 0.29) is 29.6 Å². The lowest BCUT2D eigenvalue weighted by Gasteiger charge is -2.27. The highest BCUT2D eigenvalue weighted by Crippen LogP contribution is 2.28. The normalized spacial score (nSPS) is 19.8. The number of anilines is 1. The number of pyridine rings is 1. The predicted octanol–water partition coefficient (Wildman–Crippen LogP) is 0.798. The largest absolute Gasteiger partial charge is 0.474 e. The standard InChI is InChI=1S/C16H20FN3O5/c1-24-16(23)9-2-4-10(5-3-9)25-14-6-11(17)12(8-19-14)20-15(22)13(21)7-18/h6,8-10H,2-5,7,18H2,1H3,(H,20,22). The minimum atomic E-state index is -1.00. The topological polar surface area (TPSA) is 121 Å². The lowest BCUT2D eigenvalue weighted by molar-refractivity contribution is -0.147.